The third-order valence-corrected chi connectivity index (χ3v) is 2.35. The minimum atomic E-state index is -0.829. The molecule has 0 aromatic rings. The van der Waals surface area contributed by atoms with Gasteiger partial charge in [0.2, 0.25) is 0 Å². The quantitative estimate of drug-likeness (QED) is 0.618. The molecule has 1 N–H and O–H groups in total. The fourth-order valence-electron chi connectivity index (χ4n) is 0.881. The zero-order valence-electron chi connectivity index (χ0n) is 8.33. The summed E-state index contributed by atoms with van der Waals surface area (Å²) in [6.07, 6.45) is 1.64. The van der Waals surface area contributed by atoms with Gasteiger partial charge in [-0.25, -0.2) is 0 Å². The SMILES string of the molecule is CCOC(=O)CNC(C)CS(C)=O. The fraction of sp³-hybridized carbons (Fsp3) is 0.875. The van der Waals surface area contributed by atoms with Crippen LogP contribution in [0.1, 0.15) is 13.8 Å². The fourth-order valence-corrected chi connectivity index (χ4v) is 1.70. The predicted molar refractivity (Wildman–Crippen MR) is 53.0 cm³/mol. The van der Waals surface area contributed by atoms with Crippen LogP contribution in [0.25, 0.3) is 0 Å². The maximum absolute atomic E-state index is 10.9. The maximum Gasteiger partial charge on any atom is 0.319 e. The van der Waals surface area contributed by atoms with E-state index >= 15 is 0 Å². The molecule has 13 heavy (non-hydrogen) atoms. The molecule has 0 saturated carbocycles. The van der Waals surface area contributed by atoms with Crippen molar-refractivity contribution < 1.29 is 13.7 Å². The van der Waals surface area contributed by atoms with Gasteiger partial charge in [0, 0.05) is 28.9 Å². The Labute approximate surface area is 81.5 Å². The highest BCUT2D eigenvalue weighted by Gasteiger charge is 2.06. The summed E-state index contributed by atoms with van der Waals surface area (Å²) in [5.74, 6) is 0.288. The lowest BCUT2D eigenvalue weighted by molar-refractivity contribution is -0.142. The van der Waals surface area contributed by atoms with Gasteiger partial charge in [0.05, 0.1) is 13.2 Å². The van der Waals surface area contributed by atoms with Crippen molar-refractivity contribution in [1.29, 1.82) is 0 Å². The van der Waals surface area contributed by atoms with Gasteiger partial charge in [0.1, 0.15) is 0 Å². The van der Waals surface area contributed by atoms with Gasteiger partial charge in [-0.1, -0.05) is 0 Å². The molecule has 0 amide bonds. The molecule has 0 saturated heterocycles. The zero-order valence-corrected chi connectivity index (χ0v) is 9.15. The Bertz CT molecular complexity index is 184. The van der Waals surface area contributed by atoms with Crippen LogP contribution in [0.15, 0.2) is 0 Å². The Hall–Kier alpha value is -0.420. The van der Waals surface area contributed by atoms with Crippen molar-refractivity contribution in [2.24, 2.45) is 0 Å². The van der Waals surface area contributed by atoms with E-state index in [0.29, 0.717) is 12.4 Å². The first-order valence-electron chi connectivity index (χ1n) is 4.25. The lowest BCUT2D eigenvalue weighted by atomic mass is 10.4. The number of carbonyl (C=O) groups is 1. The molecule has 0 aliphatic rings. The number of hydrogen-bond acceptors (Lipinski definition) is 4. The van der Waals surface area contributed by atoms with Crippen LogP contribution in [0.2, 0.25) is 0 Å². The van der Waals surface area contributed by atoms with Crippen molar-refractivity contribution in [3.05, 3.63) is 0 Å². The van der Waals surface area contributed by atoms with Crippen LogP contribution in [0.3, 0.4) is 0 Å². The van der Waals surface area contributed by atoms with E-state index in [1.54, 1.807) is 13.2 Å². The lowest BCUT2D eigenvalue weighted by Gasteiger charge is -2.10. The molecule has 2 atom stereocenters. The Kier molecular flexibility index (Phi) is 6.80. The first-order valence-corrected chi connectivity index (χ1v) is 5.98. The molecule has 0 bridgehead atoms. The Morgan fingerprint density at radius 1 is 1.62 bits per heavy atom. The molecule has 78 valence electrons. The van der Waals surface area contributed by atoms with Crippen molar-refractivity contribution in [3.8, 4) is 0 Å². The zero-order chi connectivity index (χ0) is 10.3. The summed E-state index contributed by atoms with van der Waals surface area (Å²) in [6, 6.07) is 0.0789. The van der Waals surface area contributed by atoms with E-state index in [2.05, 4.69) is 5.32 Å². The number of rotatable bonds is 6. The summed E-state index contributed by atoms with van der Waals surface area (Å²) < 4.78 is 15.5. The van der Waals surface area contributed by atoms with Crippen LogP contribution >= 0.6 is 0 Å². The molecule has 0 fully saturated rings. The number of ether oxygens (including phenoxy) is 1. The van der Waals surface area contributed by atoms with E-state index in [1.807, 2.05) is 6.92 Å². The molecule has 4 nitrogen and oxygen atoms in total. The van der Waals surface area contributed by atoms with Gasteiger partial charge < -0.3 is 10.1 Å². The second-order valence-corrected chi connectivity index (χ2v) is 4.31. The van der Waals surface area contributed by atoms with Gasteiger partial charge in [-0.15, -0.1) is 0 Å². The average molecular weight is 207 g/mol. The van der Waals surface area contributed by atoms with Crippen LogP contribution in [-0.2, 0) is 20.3 Å². The van der Waals surface area contributed by atoms with Gasteiger partial charge in [-0.05, 0) is 13.8 Å². The molecular weight excluding hydrogens is 190 g/mol. The molecule has 0 heterocycles. The van der Waals surface area contributed by atoms with Crippen LogP contribution in [-0.4, -0.2) is 41.4 Å². The minimum absolute atomic E-state index is 0.0789. The molecule has 0 spiro atoms. The molecule has 0 rings (SSSR count). The van der Waals surface area contributed by atoms with E-state index in [1.165, 1.54) is 0 Å². The van der Waals surface area contributed by atoms with Crippen LogP contribution < -0.4 is 5.32 Å². The largest absolute Gasteiger partial charge is 0.465 e. The number of nitrogens with one attached hydrogen (secondary N) is 1. The highest BCUT2D eigenvalue weighted by atomic mass is 32.2. The summed E-state index contributed by atoms with van der Waals surface area (Å²) in [5, 5.41) is 2.93. The Morgan fingerprint density at radius 3 is 2.69 bits per heavy atom. The summed E-state index contributed by atoms with van der Waals surface area (Å²) in [6.45, 7) is 4.24. The topological polar surface area (TPSA) is 55.4 Å². The van der Waals surface area contributed by atoms with Gasteiger partial charge >= 0.3 is 5.97 Å². The van der Waals surface area contributed by atoms with Gasteiger partial charge in [-0.2, -0.15) is 0 Å². The van der Waals surface area contributed by atoms with Crippen LogP contribution in [0, 0.1) is 0 Å². The molecule has 0 aliphatic carbocycles. The van der Waals surface area contributed by atoms with E-state index in [-0.39, 0.29) is 18.6 Å². The van der Waals surface area contributed by atoms with Crippen LogP contribution in [0.4, 0.5) is 0 Å². The first-order chi connectivity index (χ1) is 6.06. The summed E-state index contributed by atoms with van der Waals surface area (Å²) in [7, 11) is -0.829. The molecule has 0 aromatic carbocycles. The van der Waals surface area contributed by atoms with Gasteiger partial charge in [0.15, 0.2) is 0 Å². The highest BCUT2D eigenvalue weighted by molar-refractivity contribution is 7.84. The smallest absolute Gasteiger partial charge is 0.319 e. The van der Waals surface area contributed by atoms with Crippen molar-refractivity contribution >= 4 is 16.8 Å². The maximum atomic E-state index is 10.9. The van der Waals surface area contributed by atoms with Crippen molar-refractivity contribution in [2.75, 3.05) is 25.2 Å². The molecule has 0 aliphatic heterocycles. The molecular formula is C8H17NO3S. The van der Waals surface area contributed by atoms with Crippen molar-refractivity contribution in [1.82, 2.24) is 5.32 Å². The lowest BCUT2D eigenvalue weighted by Crippen LogP contribution is -2.35. The molecule has 0 aromatic heterocycles. The van der Waals surface area contributed by atoms with E-state index in [9.17, 15) is 9.00 Å². The third kappa shape index (κ3) is 7.93. The van der Waals surface area contributed by atoms with Crippen molar-refractivity contribution in [2.45, 2.75) is 19.9 Å². The average Bonchev–Trinajstić information content (AvgIpc) is 2.00. The number of hydrogen-bond donors (Lipinski definition) is 1. The first kappa shape index (κ1) is 12.6. The number of esters is 1. The minimum Gasteiger partial charge on any atom is -0.465 e. The predicted octanol–water partition coefficient (Wildman–Crippen LogP) is -0.0939. The molecule has 0 radical (unpaired) electrons. The van der Waals surface area contributed by atoms with Crippen molar-refractivity contribution in [3.63, 3.8) is 0 Å². The van der Waals surface area contributed by atoms with Gasteiger partial charge in [-0.3, -0.25) is 9.00 Å². The second-order valence-electron chi connectivity index (χ2n) is 2.83. The Morgan fingerprint density at radius 2 is 2.23 bits per heavy atom. The summed E-state index contributed by atoms with van der Waals surface area (Å²) >= 11 is 0. The Balaban J connectivity index is 3.51. The molecule has 2 unspecified atom stereocenters. The summed E-state index contributed by atoms with van der Waals surface area (Å²) in [4.78, 5) is 10.9. The van der Waals surface area contributed by atoms with Crippen LogP contribution in [0.5, 0.6) is 0 Å². The number of carbonyl (C=O) groups excluding carboxylic acids is 1. The normalized spacial score (nSPS) is 15.0. The molecule has 5 heteroatoms. The monoisotopic (exact) mass is 207 g/mol. The van der Waals surface area contributed by atoms with E-state index in [0.717, 1.165) is 0 Å². The third-order valence-electron chi connectivity index (χ3n) is 1.38. The summed E-state index contributed by atoms with van der Waals surface area (Å²) in [5.41, 5.74) is 0. The van der Waals surface area contributed by atoms with Gasteiger partial charge in [0.25, 0.3) is 0 Å². The standard InChI is InChI=1S/C8H17NO3S/c1-4-12-8(10)5-9-7(2)6-13(3)11/h7,9H,4-6H2,1-3H3. The highest BCUT2D eigenvalue weighted by Crippen LogP contribution is 1.85. The second kappa shape index (κ2) is 7.03. The van der Waals surface area contributed by atoms with E-state index < -0.39 is 10.8 Å². The van der Waals surface area contributed by atoms with E-state index in [4.69, 9.17) is 4.74 Å².